The summed E-state index contributed by atoms with van der Waals surface area (Å²) in [5.74, 6) is 0.629. The molecule has 0 spiro atoms. The summed E-state index contributed by atoms with van der Waals surface area (Å²) >= 11 is 12.5. The molecule has 0 aromatic heterocycles. The lowest BCUT2D eigenvalue weighted by molar-refractivity contribution is -0.141. The van der Waals surface area contributed by atoms with E-state index in [1.165, 1.54) is 7.11 Å². The molecule has 2 unspecified atom stereocenters. The maximum Gasteiger partial charge on any atom is 0.262 e. The van der Waals surface area contributed by atoms with Gasteiger partial charge in [-0.1, -0.05) is 47.5 Å². The number of aldehydes is 1. The van der Waals surface area contributed by atoms with Crippen LogP contribution in [0.1, 0.15) is 28.8 Å². The zero-order valence-corrected chi connectivity index (χ0v) is 24.7. The molecular formula is C31H33Cl2FN4O4. The highest BCUT2D eigenvalue weighted by atomic mass is 35.5. The molecule has 0 radical (unpaired) electrons. The zero-order valence-electron chi connectivity index (χ0n) is 23.2. The number of rotatable bonds is 10. The van der Waals surface area contributed by atoms with Gasteiger partial charge < -0.3 is 19.2 Å². The first kappa shape index (κ1) is 30.3. The van der Waals surface area contributed by atoms with Crippen molar-refractivity contribution in [1.29, 1.82) is 0 Å². The minimum absolute atomic E-state index is 0.184. The summed E-state index contributed by atoms with van der Waals surface area (Å²) in [6.07, 6.45) is 0.873. The average Bonchev–Trinajstić information content (AvgIpc) is 3.42. The molecule has 0 aliphatic carbocycles. The second kappa shape index (κ2) is 13.4. The van der Waals surface area contributed by atoms with Crippen molar-refractivity contribution in [2.45, 2.75) is 17.7 Å². The van der Waals surface area contributed by atoms with Gasteiger partial charge >= 0.3 is 0 Å². The number of ether oxygens (including phenoxy) is 2. The number of nitrogens with zero attached hydrogens (tertiary/aromatic N) is 2. The van der Waals surface area contributed by atoms with Crippen LogP contribution in [0.5, 0.6) is 11.5 Å². The summed E-state index contributed by atoms with van der Waals surface area (Å²) in [7, 11) is 1.53. The molecular weight excluding hydrogens is 582 g/mol. The van der Waals surface area contributed by atoms with Crippen LogP contribution in [0.2, 0.25) is 10.0 Å². The van der Waals surface area contributed by atoms with E-state index >= 15 is 0 Å². The van der Waals surface area contributed by atoms with Crippen molar-refractivity contribution < 1.29 is 23.5 Å². The van der Waals surface area contributed by atoms with Gasteiger partial charge in [0.25, 0.3) is 5.91 Å². The molecule has 5 rings (SSSR count). The highest BCUT2D eigenvalue weighted by Crippen LogP contribution is 2.45. The van der Waals surface area contributed by atoms with Crippen LogP contribution in [-0.2, 0) is 15.3 Å². The van der Waals surface area contributed by atoms with Gasteiger partial charge in [0.1, 0.15) is 31.1 Å². The van der Waals surface area contributed by atoms with Gasteiger partial charge in [0.2, 0.25) is 0 Å². The van der Waals surface area contributed by atoms with E-state index in [2.05, 4.69) is 10.6 Å². The van der Waals surface area contributed by atoms with Crippen molar-refractivity contribution in [1.82, 2.24) is 20.4 Å². The van der Waals surface area contributed by atoms with Gasteiger partial charge in [-0.05, 0) is 47.5 Å². The van der Waals surface area contributed by atoms with Crippen LogP contribution in [0, 0.1) is 0 Å². The van der Waals surface area contributed by atoms with Gasteiger partial charge in [-0.2, -0.15) is 0 Å². The van der Waals surface area contributed by atoms with Crippen molar-refractivity contribution in [2.24, 2.45) is 0 Å². The fourth-order valence-electron chi connectivity index (χ4n) is 5.64. The first-order chi connectivity index (χ1) is 20.4. The summed E-state index contributed by atoms with van der Waals surface area (Å²) in [6, 6.07) is 19.4. The fraction of sp³-hybridized carbons (Fsp3) is 0.355. The molecule has 2 fully saturated rings. The van der Waals surface area contributed by atoms with Gasteiger partial charge in [-0.3, -0.25) is 20.3 Å². The molecule has 2 heterocycles. The van der Waals surface area contributed by atoms with Crippen LogP contribution in [0.4, 0.5) is 4.39 Å². The molecule has 3 aromatic carbocycles. The Bertz CT molecular complexity index is 1330. The number of methoxy groups -OCH3 is 1. The number of alkyl halides is 1. The summed E-state index contributed by atoms with van der Waals surface area (Å²) in [5.41, 5.74) is 0.876. The zero-order chi connectivity index (χ0) is 29.7. The van der Waals surface area contributed by atoms with E-state index in [9.17, 15) is 14.0 Å². The number of halogens is 3. The highest BCUT2D eigenvalue weighted by molar-refractivity contribution is 6.30. The van der Waals surface area contributed by atoms with Crippen molar-refractivity contribution in [3.8, 4) is 11.5 Å². The first-order valence-electron chi connectivity index (χ1n) is 13.8. The predicted molar refractivity (Wildman–Crippen MR) is 160 cm³/mol. The van der Waals surface area contributed by atoms with E-state index in [1.807, 2.05) is 53.4 Å². The molecule has 2 atom stereocenters. The summed E-state index contributed by atoms with van der Waals surface area (Å²) < 4.78 is 24.6. The van der Waals surface area contributed by atoms with E-state index in [0.29, 0.717) is 59.8 Å². The predicted octanol–water partition coefficient (Wildman–Crippen LogP) is 4.52. The molecule has 8 nitrogen and oxygen atoms in total. The summed E-state index contributed by atoms with van der Waals surface area (Å²) in [4.78, 5) is 29.6. The third-order valence-corrected chi connectivity index (χ3v) is 8.28. The van der Waals surface area contributed by atoms with Crippen LogP contribution < -0.4 is 20.1 Å². The Kier molecular flexibility index (Phi) is 9.65. The van der Waals surface area contributed by atoms with E-state index in [1.54, 1.807) is 23.1 Å². The minimum atomic E-state index is -1.46. The maximum atomic E-state index is 14.7. The number of hydrogen-bond acceptors (Lipinski definition) is 7. The number of carbonyl (C=O) groups excluding carboxylic acids is 2. The summed E-state index contributed by atoms with van der Waals surface area (Å²) in [6.45, 7) is 1.44. The Morgan fingerprint density at radius 3 is 2.02 bits per heavy atom. The van der Waals surface area contributed by atoms with Crippen LogP contribution in [0.25, 0.3) is 0 Å². The minimum Gasteiger partial charge on any atom is -0.497 e. The molecule has 3 aromatic rings. The maximum absolute atomic E-state index is 14.7. The molecule has 0 bridgehead atoms. The largest absolute Gasteiger partial charge is 0.497 e. The topological polar surface area (TPSA) is 83.1 Å². The highest BCUT2D eigenvalue weighted by Gasteiger charge is 2.54. The molecule has 222 valence electrons. The fourth-order valence-corrected chi connectivity index (χ4v) is 5.90. The van der Waals surface area contributed by atoms with E-state index in [0.717, 1.165) is 17.4 Å². The molecule has 2 saturated heterocycles. The number of piperazine rings is 1. The standard InChI is InChI=1S/C31H33Cl2FN4O4/c1-41-25-10-11-26(27(20-25)42-19-12-34)31(30(40)38-15-13-37(14-16-38)17-18-39)35-28(21-2-6-23(32)7-3-21)29(36-31)22-4-8-24(33)9-5-22/h2-11,18,20,28-29,35-36H,12-17,19H2,1H3. The molecule has 2 N–H and O–H groups in total. The quantitative estimate of drug-likeness (QED) is 0.325. The number of benzene rings is 3. The van der Waals surface area contributed by atoms with Gasteiger partial charge in [0.05, 0.1) is 25.7 Å². The Hall–Kier alpha value is -3.21. The molecule has 42 heavy (non-hydrogen) atoms. The molecule has 2 aliphatic heterocycles. The Morgan fingerprint density at radius 1 is 0.952 bits per heavy atom. The number of carbonyl (C=O) groups is 2. The second-order valence-corrected chi connectivity index (χ2v) is 11.1. The van der Waals surface area contributed by atoms with Crippen molar-refractivity contribution >= 4 is 35.4 Å². The first-order valence-corrected chi connectivity index (χ1v) is 14.5. The number of amides is 1. The third kappa shape index (κ3) is 6.26. The average molecular weight is 616 g/mol. The normalized spacial score (nSPS) is 22.6. The molecule has 11 heteroatoms. The lowest BCUT2D eigenvalue weighted by Gasteiger charge is -2.40. The molecule has 0 saturated carbocycles. The van der Waals surface area contributed by atoms with Crippen molar-refractivity contribution in [2.75, 3.05) is 53.1 Å². The van der Waals surface area contributed by atoms with Crippen molar-refractivity contribution in [3.63, 3.8) is 0 Å². The van der Waals surface area contributed by atoms with Gasteiger partial charge in [0.15, 0.2) is 5.66 Å². The van der Waals surface area contributed by atoms with Crippen LogP contribution in [-0.4, -0.2) is 75.1 Å². The third-order valence-electron chi connectivity index (χ3n) is 7.78. The SMILES string of the molecule is COc1ccc(C2(C(=O)N3CCN(CC=O)CC3)NC(c3ccc(Cl)cc3)C(c3ccc(Cl)cc3)N2)c(OCCF)c1. The Labute approximate surface area is 254 Å². The lowest BCUT2D eigenvalue weighted by Crippen LogP contribution is -2.62. The van der Waals surface area contributed by atoms with E-state index < -0.39 is 12.3 Å². The van der Waals surface area contributed by atoms with Crippen LogP contribution in [0.15, 0.2) is 66.7 Å². The lowest BCUT2D eigenvalue weighted by atomic mass is 9.95. The van der Waals surface area contributed by atoms with E-state index in [-0.39, 0.29) is 24.6 Å². The van der Waals surface area contributed by atoms with Crippen LogP contribution >= 0.6 is 23.2 Å². The monoisotopic (exact) mass is 614 g/mol. The number of hydrogen-bond donors (Lipinski definition) is 2. The second-order valence-electron chi connectivity index (χ2n) is 10.3. The Morgan fingerprint density at radius 2 is 1.52 bits per heavy atom. The number of nitrogens with one attached hydrogen (secondary N) is 2. The van der Waals surface area contributed by atoms with Gasteiger partial charge in [-0.15, -0.1) is 0 Å². The van der Waals surface area contributed by atoms with Crippen LogP contribution in [0.3, 0.4) is 0 Å². The smallest absolute Gasteiger partial charge is 0.262 e. The molecule has 1 amide bonds. The molecule has 2 aliphatic rings. The van der Waals surface area contributed by atoms with Gasteiger partial charge in [-0.25, -0.2) is 4.39 Å². The Balaban J connectivity index is 1.64. The van der Waals surface area contributed by atoms with E-state index in [4.69, 9.17) is 32.7 Å². The van der Waals surface area contributed by atoms with Crippen molar-refractivity contribution in [3.05, 3.63) is 93.5 Å². The summed E-state index contributed by atoms with van der Waals surface area (Å²) in [5, 5.41) is 8.48. The van der Waals surface area contributed by atoms with Gasteiger partial charge in [0, 0.05) is 47.9 Å².